The quantitative estimate of drug-likeness (QED) is 0.811. The van der Waals surface area contributed by atoms with E-state index >= 15 is 0 Å². The van der Waals surface area contributed by atoms with Crippen molar-refractivity contribution >= 4 is 28.8 Å². The summed E-state index contributed by atoms with van der Waals surface area (Å²) in [5.41, 5.74) is 0.602. The van der Waals surface area contributed by atoms with Crippen LogP contribution in [0.5, 0.6) is 5.75 Å². The number of aromatic nitrogens is 2. The predicted molar refractivity (Wildman–Crippen MR) is 92.2 cm³/mol. The normalized spacial score (nSPS) is 16.4. The highest BCUT2D eigenvalue weighted by molar-refractivity contribution is 7.15. The zero-order valence-corrected chi connectivity index (χ0v) is 14.5. The second-order valence-corrected chi connectivity index (χ2v) is 6.42. The van der Waals surface area contributed by atoms with E-state index in [1.54, 1.807) is 31.4 Å². The number of hydrogen-bond donors (Lipinski definition) is 2. The minimum atomic E-state index is -0.416. The lowest BCUT2D eigenvalue weighted by atomic mass is 10.2. The van der Waals surface area contributed by atoms with Gasteiger partial charge in [0.15, 0.2) is 0 Å². The van der Waals surface area contributed by atoms with Gasteiger partial charge in [0.1, 0.15) is 5.75 Å². The monoisotopic (exact) mass is 362 g/mol. The second-order valence-electron chi connectivity index (χ2n) is 5.44. The summed E-state index contributed by atoms with van der Waals surface area (Å²) in [4.78, 5) is 24.2. The minimum absolute atomic E-state index is 0.0507. The van der Waals surface area contributed by atoms with E-state index in [2.05, 4.69) is 20.8 Å². The number of hydrogen-bond acceptors (Lipinski definition) is 7. The van der Waals surface area contributed by atoms with Gasteiger partial charge >= 0.3 is 0 Å². The van der Waals surface area contributed by atoms with Crippen LogP contribution in [0.4, 0.5) is 5.69 Å². The molecule has 0 bridgehead atoms. The van der Waals surface area contributed by atoms with E-state index in [4.69, 9.17) is 9.47 Å². The topological polar surface area (TPSA) is 102 Å². The Bertz CT molecular complexity index is 741. The minimum Gasteiger partial charge on any atom is -0.497 e. The van der Waals surface area contributed by atoms with Gasteiger partial charge in [-0.3, -0.25) is 9.59 Å². The lowest BCUT2D eigenvalue weighted by Crippen LogP contribution is -2.31. The van der Waals surface area contributed by atoms with E-state index in [9.17, 15) is 9.59 Å². The van der Waals surface area contributed by atoms with Crippen LogP contribution in [0.15, 0.2) is 24.3 Å². The molecule has 1 aromatic heterocycles. The van der Waals surface area contributed by atoms with Gasteiger partial charge in [0.2, 0.25) is 10.0 Å². The molecule has 3 rings (SSSR count). The summed E-state index contributed by atoms with van der Waals surface area (Å²) in [7, 11) is 1.57. The molecule has 1 fully saturated rings. The van der Waals surface area contributed by atoms with Crippen molar-refractivity contribution in [1.82, 2.24) is 15.5 Å². The third-order valence-electron chi connectivity index (χ3n) is 3.68. The summed E-state index contributed by atoms with van der Waals surface area (Å²) in [6, 6.07) is 6.90. The number of carbonyl (C=O) groups is 2. The molecule has 2 aromatic rings. The maximum absolute atomic E-state index is 12.2. The highest BCUT2D eigenvalue weighted by Gasteiger charge is 2.20. The molecule has 2 N–H and O–H groups in total. The van der Waals surface area contributed by atoms with Gasteiger partial charge in [0.05, 0.1) is 13.2 Å². The zero-order valence-electron chi connectivity index (χ0n) is 13.7. The van der Waals surface area contributed by atoms with Crippen molar-refractivity contribution in [3.8, 4) is 5.75 Å². The van der Waals surface area contributed by atoms with Gasteiger partial charge in [-0.1, -0.05) is 11.3 Å². The standard InChI is InChI=1S/C16H18N4O4S/c1-23-11-6-4-10(5-7-11)18-14(22)16-20-19-15(25-16)13(21)17-9-12-3-2-8-24-12/h4-7,12H,2-3,8-9H2,1H3,(H,17,21)(H,18,22). The Hall–Kier alpha value is -2.52. The van der Waals surface area contributed by atoms with E-state index in [0.29, 0.717) is 18.0 Å². The molecular formula is C16H18N4O4S. The number of nitrogens with one attached hydrogen (secondary N) is 2. The van der Waals surface area contributed by atoms with E-state index in [-0.39, 0.29) is 22.0 Å². The molecule has 0 aliphatic carbocycles. The molecule has 1 saturated heterocycles. The molecular weight excluding hydrogens is 344 g/mol. The Labute approximate surface area is 148 Å². The molecule has 1 aromatic carbocycles. The first kappa shape index (κ1) is 17.3. The predicted octanol–water partition coefficient (Wildman–Crippen LogP) is 1.71. The number of anilines is 1. The summed E-state index contributed by atoms with van der Waals surface area (Å²) in [5.74, 6) is -0.0727. The van der Waals surface area contributed by atoms with Crippen molar-refractivity contribution in [2.24, 2.45) is 0 Å². The third kappa shape index (κ3) is 4.52. The van der Waals surface area contributed by atoms with Gasteiger partial charge in [-0.15, -0.1) is 10.2 Å². The molecule has 8 nitrogen and oxygen atoms in total. The van der Waals surface area contributed by atoms with Gasteiger partial charge in [-0.2, -0.15) is 0 Å². The molecule has 0 radical (unpaired) electrons. The maximum Gasteiger partial charge on any atom is 0.286 e. The fourth-order valence-electron chi connectivity index (χ4n) is 2.35. The Balaban J connectivity index is 1.55. The van der Waals surface area contributed by atoms with Gasteiger partial charge in [0.25, 0.3) is 11.8 Å². The Morgan fingerprint density at radius 2 is 1.96 bits per heavy atom. The van der Waals surface area contributed by atoms with Crippen LogP contribution in [-0.4, -0.2) is 48.4 Å². The van der Waals surface area contributed by atoms with E-state index in [1.165, 1.54) is 0 Å². The largest absolute Gasteiger partial charge is 0.497 e. The van der Waals surface area contributed by atoms with Crippen LogP contribution < -0.4 is 15.4 Å². The average molecular weight is 362 g/mol. The number of carbonyl (C=O) groups excluding carboxylic acids is 2. The van der Waals surface area contributed by atoms with Crippen molar-refractivity contribution in [3.05, 3.63) is 34.3 Å². The molecule has 25 heavy (non-hydrogen) atoms. The molecule has 1 aliphatic rings. The van der Waals surface area contributed by atoms with Crippen molar-refractivity contribution in [1.29, 1.82) is 0 Å². The fourth-order valence-corrected chi connectivity index (χ4v) is 3.01. The fraction of sp³-hybridized carbons (Fsp3) is 0.375. The smallest absolute Gasteiger partial charge is 0.286 e. The van der Waals surface area contributed by atoms with Gasteiger partial charge in [-0.25, -0.2) is 0 Å². The van der Waals surface area contributed by atoms with Crippen LogP contribution in [-0.2, 0) is 4.74 Å². The van der Waals surface area contributed by atoms with Gasteiger partial charge in [-0.05, 0) is 37.1 Å². The number of amides is 2. The summed E-state index contributed by atoms with van der Waals surface area (Å²) in [6.07, 6.45) is 2.00. The van der Waals surface area contributed by atoms with Crippen LogP contribution in [0.2, 0.25) is 0 Å². The zero-order chi connectivity index (χ0) is 17.6. The van der Waals surface area contributed by atoms with Gasteiger partial charge in [0, 0.05) is 18.8 Å². The van der Waals surface area contributed by atoms with Crippen LogP contribution in [0, 0.1) is 0 Å². The first-order chi connectivity index (χ1) is 12.2. The number of rotatable bonds is 6. The van der Waals surface area contributed by atoms with Crippen LogP contribution >= 0.6 is 11.3 Å². The van der Waals surface area contributed by atoms with E-state index < -0.39 is 5.91 Å². The van der Waals surface area contributed by atoms with E-state index in [0.717, 1.165) is 30.8 Å². The summed E-state index contributed by atoms with van der Waals surface area (Å²) < 4.78 is 10.5. The number of nitrogens with zero attached hydrogens (tertiary/aromatic N) is 2. The van der Waals surface area contributed by atoms with Crippen LogP contribution in [0.1, 0.15) is 32.4 Å². The molecule has 2 amide bonds. The summed E-state index contributed by atoms with van der Waals surface area (Å²) >= 11 is 0.947. The molecule has 2 heterocycles. The van der Waals surface area contributed by atoms with Crippen molar-refractivity contribution in [2.75, 3.05) is 25.6 Å². The third-order valence-corrected chi connectivity index (χ3v) is 4.60. The molecule has 132 valence electrons. The molecule has 9 heteroatoms. The van der Waals surface area contributed by atoms with Crippen molar-refractivity contribution in [3.63, 3.8) is 0 Å². The van der Waals surface area contributed by atoms with Crippen LogP contribution in [0.3, 0.4) is 0 Å². The van der Waals surface area contributed by atoms with Gasteiger partial charge < -0.3 is 20.1 Å². The average Bonchev–Trinajstić information content (AvgIpc) is 3.32. The SMILES string of the molecule is COc1ccc(NC(=O)c2nnc(C(=O)NCC3CCCO3)s2)cc1. The lowest BCUT2D eigenvalue weighted by Gasteiger charge is -2.08. The number of benzene rings is 1. The highest BCUT2D eigenvalue weighted by Crippen LogP contribution is 2.17. The van der Waals surface area contributed by atoms with E-state index in [1.807, 2.05) is 0 Å². The lowest BCUT2D eigenvalue weighted by molar-refractivity contribution is 0.0856. The first-order valence-corrected chi connectivity index (χ1v) is 8.66. The Kier molecular flexibility index (Phi) is 5.56. The number of ether oxygens (including phenoxy) is 2. The Morgan fingerprint density at radius 1 is 1.24 bits per heavy atom. The molecule has 0 spiro atoms. The summed E-state index contributed by atoms with van der Waals surface area (Å²) in [5, 5.41) is 13.3. The molecule has 1 unspecified atom stereocenters. The highest BCUT2D eigenvalue weighted by atomic mass is 32.1. The van der Waals surface area contributed by atoms with Crippen molar-refractivity contribution < 1.29 is 19.1 Å². The maximum atomic E-state index is 12.2. The number of methoxy groups -OCH3 is 1. The molecule has 1 atom stereocenters. The summed E-state index contributed by atoms with van der Waals surface area (Å²) in [6.45, 7) is 1.17. The second kappa shape index (κ2) is 8.04. The van der Waals surface area contributed by atoms with Crippen LogP contribution in [0.25, 0.3) is 0 Å². The van der Waals surface area contributed by atoms with Crippen molar-refractivity contribution in [2.45, 2.75) is 18.9 Å². The molecule has 1 aliphatic heterocycles. The Morgan fingerprint density at radius 3 is 2.60 bits per heavy atom. The first-order valence-electron chi connectivity index (χ1n) is 7.84. The molecule has 0 saturated carbocycles.